The predicted molar refractivity (Wildman–Crippen MR) is 68.5 cm³/mol. The summed E-state index contributed by atoms with van der Waals surface area (Å²) in [5.41, 5.74) is 0. The van der Waals surface area contributed by atoms with Crippen molar-refractivity contribution in [2.75, 3.05) is 32.7 Å². The summed E-state index contributed by atoms with van der Waals surface area (Å²) in [4.78, 5) is 8.35. The van der Waals surface area contributed by atoms with Crippen LogP contribution in [0.2, 0.25) is 0 Å². The molecule has 1 fully saturated rings. The molecule has 0 saturated carbocycles. The van der Waals surface area contributed by atoms with Crippen molar-refractivity contribution in [1.82, 2.24) is 9.97 Å². The van der Waals surface area contributed by atoms with Crippen LogP contribution >= 0.6 is 0 Å². The zero-order valence-corrected chi connectivity index (χ0v) is 11.6. The number of aromatic nitrogens is 2. The van der Waals surface area contributed by atoms with Crippen LogP contribution in [0.4, 0.5) is 5.95 Å². The summed E-state index contributed by atoms with van der Waals surface area (Å²) >= 11 is 0. The van der Waals surface area contributed by atoms with E-state index in [0.717, 1.165) is 0 Å². The van der Waals surface area contributed by atoms with Crippen molar-refractivity contribution in [2.24, 2.45) is 0 Å². The van der Waals surface area contributed by atoms with Crippen molar-refractivity contribution in [3.63, 3.8) is 0 Å². The minimum absolute atomic E-state index is 0.0317. The van der Waals surface area contributed by atoms with E-state index in [2.05, 4.69) is 15.3 Å². The summed E-state index contributed by atoms with van der Waals surface area (Å²) < 4.78 is 21.3. The molecule has 0 amide bonds. The highest BCUT2D eigenvalue weighted by molar-refractivity contribution is 5.33. The van der Waals surface area contributed by atoms with Crippen LogP contribution in [0.5, 0.6) is 11.8 Å². The predicted octanol–water partition coefficient (Wildman–Crippen LogP) is 1.06. The first-order valence-corrected chi connectivity index (χ1v) is 6.05. The molecular weight excluding hydrogens is 250 g/mol. The zero-order valence-electron chi connectivity index (χ0n) is 11.6. The number of hydrogen-bond donors (Lipinski definition) is 1. The van der Waals surface area contributed by atoms with Gasteiger partial charge < -0.3 is 24.3 Å². The highest BCUT2D eigenvalue weighted by Crippen LogP contribution is 2.23. The number of methoxy groups -OCH3 is 2. The van der Waals surface area contributed by atoms with Crippen molar-refractivity contribution < 1.29 is 18.9 Å². The highest BCUT2D eigenvalue weighted by atomic mass is 16.7. The summed E-state index contributed by atoms with van der Waals surface area (Å²) in [6.07, 6.45) is -0.0317. The molecular formula is C12H19N3O4. The Bertz CT molecular complexity index is 417. The Morgan fingerprint density at radius 1 is 1.32 bits per heavy atom. The standard InChI is InChI=1S/C12H19N3O4/c1-12(2)18-7-8(19-12)6-13-11-14-9(16-3)5-10(15-11)17-4/h5,8H,6-7H2,1-4H3,(H,13,14,15). The molecule has 2 heterocycles. The molecule has 1 aliphatic rings. The second-order valence-corrected chi connectivity index (χ2v) is 4.61. The number of nitrogens with one attached hydrogen (secondary N) is 1. The lowest BCUT2D eigenvalue weighted by Gasteiger charge is -2.17. The number of anilines is 1. The first-order valence-electron chi connectivity index (χ1n) is 6.05. The van der Waals surface area contributed by atoms with Crippen LogP contribution in [0.25, 0.3) is 0 Å². The lowest BCUT2D eigenvalue weighted by atomic mass is 10.4. The quantitative estimate of drug-likeness (QED) is 0.856. The molecule has 2 rings (SSSR count). The van der Waals surface area contributed by atoms with Crippen LogP contribution in [-0.4, -0.2) is 49.2 Å². The second-order valence-electron chi connectivity index (χ2n) is 4.61. The van der Waals surface area contributed by atoms with Gasteiger partial charge in [-0.2, -0.15) is 9.97 Å². The SMILES string of the molecule is COc1cc(OC)nc(NCC2COC(C)(C)O2)n1. The third-order valence-corrected chi connectivity index (χ3v) is 2.65. The Labute approximate surface area is 112 Å². The van der Waals surface area contributed by atoms with Crippen molar-refractivity contribution in [2.45, 2.75) is 25.7 Å². The van der Waals surface area contributed by atoms with E-state index in [-0.39, 0.29) is 6.10 Å². The maximum atomic E-state index is 5.68. The molecule has 7 heteroatoms. The minimum atomic E-state index is -0.529. The Hall–Kier alpha value is -1.60. The molecule has 19 heavy (non-hydrogen) atoms. The molecule has 1 unspecified atom stereocenters. The van der Waals surface area contributed by atoms with Gasteiger partial charge >= 0.3 is 0 Å². The van der Waals surface area contributed by atoms with Gasteiger partial charge in [-0.05, 0) is 13.8 Å². The second kappa shape index (κ2) is 5.58. The molecule has 0 bridgehead atoms. The van der Waals surface area contributed by atoms with E-state index in [4.69, 9.17) is 18.9 Å². The van der Waals surface area contributed by atoms with Crippen LogP contribution in [0.3, 0.4) is 0 Å². The third-order valence-electron chi connectivity index (χ3n) is 2.65. The van der Waals surface area contributed by atoms with Gasteiger partial charge in [-0.15, -0.1) is 0 Å². The summed E-state index contributed by atoms with van der Waals surface area (Å²) in [7, 11) is 3.09. The van der Waals surface area contributed by atoms with Gasteiger partial charge in [0.05, 0.1) is 26.9 Å². The number of hydrogen-bond acceptors (Lipinski definition) is 7. The van der Waals surface area contributed by atoms with E-state index in [0.29, 0.717) is 30.9 Å². The first-order chi connectivity index (χ1) is 9.02. The van der Waals surface area contributed by atoms with Gasteiger partial charge in [0.2, 0.25) is 17.7 Å². The molecule has 106 valence electrons. The van der Waals surface area contributed by atoms with E-state index in [1.165, 1.54) is 0 Å². The van der Waals surface area contributed by atoms with Gasteiger partial charge in [0, 0.05) is 6.54 Å². The normalized spacial score (nSPS) is 21.2. The van der Waals surface area contributed by atoms with Gasteiger partial charge in [0.15, 0.2) is 5.79 Å². The van der Waals surface area contributed by atoms with E-state index >= 15 is 0 Å². The summed E-state index contributed by atoms with van der Waals surface area (Å²) in [6, 6.07) is 1.61. The van der Waals surface area contributed by atoms with E-state index in [1.54, 1.807) is 20.3 Å². The van der Waals surface area contributed by atoms with Gasteiger partial charge in [-0.3, -0.25) is 0 Å². The van der Waals surface area contributed by atoms with Crippen molar-refractivity contribution in [1.29, 1.82) is 0 Å². The first kappa shape index (κ1) is 13.8. The van der Waals surface area contributed by atoms with Crippen LogP contribution in [0, 0.1) is 0 Å². The van der Waals surface area contributed by atoms with Gasteiger partial charge in [0.25, 0.3) is 0 Å². The van der Waals surface area contributed by atoms with E-state index < -0.39 is 5.79 Å². The molecule has 1 aromatic heterocycles. The maximum absolute atomic E-state index is 5.68. The lowest BCUT2D eigenvalue weighted by Crippen LogP contribution is -2.26. The van der Waals surface area contributed by atoms with Crippen LogP contribution < -0.4 is 14.8 Å². The summed E-state index contributed by atoms with van der Waals surface area (Å²) in [6.45, 7) is 4.87. The Morgan fingerprint density at radius 3 is 2.42 bits per heavy atom. The Balaban J connectivity index is 1.96. The fourth-order valence-electron chi connectivity index (χ4n) is 1.76. The molecule has 1 saturated heterocycles. The maximum Gasteiger partial charge on any atom is 0.229 e. The minimum Gasteiger partial charge on any atom is -0.481 e. The van der Waals surface area contributed by atoms with Crippen LogP contribution in [0.15, 0.2) is 6.07 Å². The average Bonchev–Trinajstić information content (AvgIpc) is 2.75. The van der Waals surface area contributed by atoms with E-state index in [1.807, 2.05) is 13.8 Å². The molecule has 0 radical (unpaired) electrons. The topological polar surface area (TPSA) is 74.7 Å². The van der Waals surface area contributed by atoms with Crippen molar-refractivity contribution in [3.05, 3.63) is 6.07 Å². The van der Waals surface area contributed by atoms with Crippen LogP contribution in [0.1, 0.15) is 13.8 Å². The molecule has 1 aromatic rings. The van der Waals surface area contributed by atoms with Crippen LogP contribution in [-0.2, 0) is 9.47 Å². The van der Waals surface area contributed by atoms with Crippen molar-refractivity contribution >= 4 is 5.95 Å². The molecule has 0 aromatic carbocycles. The van der Waals surface area contributed by atoms with E-state index in [9.17, 15) is 0 Å². The number of rotatable bonds is 5. The lowest BCUT2D eigenvalue weighted by molar-refractivity contribution is -0.136. The molecule has 1 aliphatic heterocycles. The van der Waals surface area contributed by atoms with Gasteiger partial charge in [0.1, 0.15) is 6.10 Å². The fourth-order valence-corrected chi connectivity index (χ4v) is 1.76. The molecule has 0 spiro atoms. The molecule has 7 nitrogen and oxygen atoms in total. The highest BCUT2D eigenvalue weighted by Gasteiger charge is 2.32. The van der Waals surface area contributed by atoms with Gasteiger partial charge in [-0.1, -0.05) is 0 Å². The van der Waals surface area contributed by atoms with Gasteiger partial charge in [-0.25, -0.2) is 0 Å². The number of nitrogens with zero attached hydrogens (tertiary/aromatic N) is 2. The molecule has 0 aliphatic carbocycles. The Morgan fingerprint density at radius 2 is 1.95 bits per heavy atom. The molecule has 1 N–H and O–H groups in total. The third kappa shape index (κ3) is 3.68. The average molecular weight is 269 g/mol. The summed E-state index contributed by atoms with van der Waals surface area (Å²) in [5, 5.41) is 3.09. The summed E-state index contributed by atoms with van der Waals surface area (Å²) in [5.74, 6) is 0.792. The largest absolute Gasteiger partial charge is 0.481 e. The zero-order chi connectivity index (χ0) is 13.9. The Kier molecular flexibility index (Phi) is 4.06. The molecule has 1 atom stereocenters. The smallest absolute Gasteiger partial charge is 0.229 e. The number of ether oxygens (including phenoxy) is 4. The monoisotopic (exact) mass is 269 g/mol. The van der Waals surface area contributed by atoms with Crippen molar-refractivity contribution in [3.8, 4) is 11.8 Å². The fraction of sp³-hybridized carbons (Fsp3) is 0.667.